The summed E-state index contributed by atoms with van der Waals surface area (Å²) >= 11 is 12.8. The van der Waals surface area contributed by atoms with Crippen molar-refractivity contribution in [3.8, 4) is 0 Å². The van der Waals surface area contributed by atoms with Crippen LogP contribution in [0, 0.1) is 0 Å². The molecule has 0 radical (unpaired) electrons. The monoisotopic (exact) mass is 657 g/mol. The number of piperidine rings is 2. The Bertz CT molecular complexity index is 1530. The highest BCUT2D eigenvalue weighted by Crippen LogP contribution is 2.40. The lowest BCUT2D eigenvalue weighted by Crippen LogP contribution is -2.52. The number of halogens is 2. The van der Waals surface area contributed by atoms with E-state index in [1.807, 2.05) is 53.4 Å². The fourth-order valence-corrected chi connectivity index (χ4v) is 8.65. The van der Waals surface area contributed by atoms with Crippen LogP contribution < -0.4 is 0 Å². The Kier molecular flexibility index (Phi) is 10.4. The van der Waals surface area contributed by atoms with Crippen LogP contribution in [0.5, 0.6) is 0 Å². The lowest BCUT2D eigenvalue weighted by atomic mass is 9.71. The predicted molar refractivity (Wildman–Crippen MR) is 176 cm³/mol. The molecular formula is C34H41Cl2N3O4S. The molecule has 3 aromatic carbocycles. The highest BCUT2D eigenvalue weighted by Gasteiger charge is 2.40. The largest absolute Gasteiger partial charge is 0.389 e. The molecule has 0 saturated carbocycles. The number of carbonyl (C=O) groups is 1. The van der Waals surface area contributed by atoms with Gasteiger partial charge in [0.1, 0.15) is 0 Å². The van der Waals surface area contributed by atoms with Crippen molar-refractivity contribution >= 4 is 38.9 Å². The molecule has 2 saturated heterocycles. The second-order valence-electron chi connectivity index (χ2n) is 12.5. The summed E-state index contributed by atoms with van der Waals surface area (Å²) in [6.07, 6.45) is 3.45. The van der Waals surface area contributed by atoms with E-state index in [2.05, 4.69) is 16.8 Å². The molecule has 1 atom stereocenters. The van der Waals surface area contributed by atoms with Crippen LogP contribution in [-0.2, 0) is 15.3 Å². The SMILES string of the molecule is CN(CCC1(c2ccc(Cl)c(Cl)c2)CCCN(C(=O)c2ccccc2)C1)CN1CCC(O)(CS(=O)(=O)c2ccccc2)CC1. The van der Waals surface area contributed by atoms with Gasteiger partial charge in [0.05, 0.1) is 33.0 Å². The second-order valence-corrected chi connectivity index (χ2v) is 15.3. The quantitative estimate of drug-likeness (QED) is 0.299. The zero-order chi connectivity index (χ0) is 31.4. The number of likely N-dealkylation sites (tertiary alicyclic amines) is 2. The maximum atomic E-state index is 13.5. The zero-order valence-corrected chi connectivity index (χ0v) is 27.5. The van der Waals surface area contributed by atoms with Crippen molar-refractivity contribution in [2.24, 2.45) is 0 Å². The predicted octanol–water partition coefficient (Wildman–Crippen LogP) is 5.75. The minimum absolute atomic E-state index is 0.0400. The summed E-state index contributed by atoms with van der Waals surface area (Å²) in [4.78, 5) is 20.2. The summed E-state index contributed by atoms with van der Waals surface area (Å²) in [5.74, 6) is -0.226. The van der Waals surface area contributed by atoms with Crippen LogP contribution >= 0.6 is 23.2 Å². The van der Waals surface area contributed by atoms with E-state index in [0.29, 0.717) is 61.3 Å². The van der Waals surface area contributed by atoms with Crippen LogP contribution in [0.1, 0.15) is 48.0 Å². The van der Waals surface area contributed by atoms with Crippen molar-refractivity contribution in [3.63, 3.8) is 0 Å². The summed E-state index contributed by atoms with van der Waals surface area (Å²) in [7, 11) is -1.49. The minimum Gasteiger partial charge on any atom is -0.389 e. The first-order chi connectivity index (χ1) is 21.0. The van der Waals surface area contributed by atoms with Gasteiger partial charge < -0.3 is 10.0 Å². The van der Waals surface area contributed by atoms with Crippen LogP contribution in [-0.4, -0.2) is 91.9 Å². The molecule has 2 aliphatic rings. The first-order valence-corrected chi connectivity index (χ1v) is 17.6. The Morgan fingerprint density at radius 3 is 2.23 bits per heavy atom. The van der Waals surface area contributed by atoms with Gasteiger partial charge in [-0.1, -0.05) is 65.7 Å². The normalized spacial score (nSPS) is 21.0. The Morgan fingerprint density at radius 1 is 0.909 bits per heavy atom. The molecule has 5 rings (SSSR count). The average Bonchev–Trinajstić information content (AvgIpc) is 3.03. The van der Waals surface area contributed by atoms with Crippen molar-refractivity contribution in [1.29, 1.82) is 0 Å². The van der Waals surface area contributed by atoms with E-state index in [-0.39, 0.29) is 22.0 Å². The van der Waals surface area contributed by atoms with Crippen LogP contribution in [0.25, 0.3) is 0 Å². The van der Waals surface area contributed by atoms with Crippen LogP contribution in [0.4, 0.5) is 0 Å². The Hall–Kier alpha value is -2.46. The van der Waals surface area contributed by atoms with Gasteiger partial charge in [-0.25, -0.2) is 8.42 Å². The number of hydrogen-bond acceptors (Lipinski definition) is 6. The summed E-state index contributed by atoms with van der Waals surface area (Å²) in [6, 6.07) is 23.6. The van der Waals surface area contributed by atoms with E-state index in [0.717, 1.165) is 31.4 Å². The number of amides is 1. The molecule has 44 heavy (non-hydrogen) atoms. The van der Waals surface area contributed by atoms with Gasteiger partial charge in [-0.3, -0.25) is 14.6 Å². The Labute approximate surface area is 271 Å². The minimum atomic E-state index is -3.57. The lowest BCUT2D eigenvalue weighted by molar-refractivity contribution is -0.0151. The van der Waals surface area contributed by atoms with E-state index in [9.17, 15) is 18.3 Å². The molecule has 1 unspecified atom stereocenters. The number of aliphatic hydroxyl groups is 1. The van der Waals surface area contributed by atoms with Gasteiger partial charge in [0, 0.05) is 37.2 Å². The van der Waals surface area contributed by atoms with E-state index >= 15 is 0 Å². The third kappa shape index (κ3) is 7.84. The Morgan fingerprint density at radius 2 is 1.57 bits per heavy atom. The van der Waals surface area contributed by atoms with Gasteiger partial charge in [0.15, 0.2) is 9.84 Å². The zero-order valence-electron chi connectivity index (χ0n) is 25.2. The topological polar surface area (TPSA) is 81.2 Å². The van der Waals surface area contributed by atoms with Gasteiger partial charge >= 0.3 is 0 Å². The second kappa shape index (κ2) is 13.9. The summed E-state index contributed by atoms with van der Waals surface area (Å²) in [5.41, 5.74) is 0.266. The molecule has 3 aromatic rings. The highest BCUT2D eigenvalue weighted by molar-refractivity contribution is 7.91. The number of carbonyl (C=O) groups excluding carboxylic acids is 1. The smallest absolute Gasteiger partial charge is 0.253 e. The van der Waals surface area contributed by atoms with Gasteiger partial charge in [0.25, 0.3) is 5.91 Å². The first-order valence-electron chi connectivity index (χ1n) is 15.2. The van der Waals surface area contributed by atoms with E-state index in [1.54, 1.807) is 30.3 Å². The molecule has 2 aliphatic heterocycles. The van der Waals surface area contributed by atoms with Crippen LogP contribution in [0.3, 0.4) is 0 Å². The number of benzene rings is 3. The summed E-state index contributed by atoms with van der Waals surface area (Å²) in [5, 5.41) is 12.2. The molecule has 236 valence electrons. The fraction of sp³-hybridized carbons (Fsp3) is 0.441. The summed E-state index contributed by atoms with van der Waals surface area (Å²) in [6.45, 7) is 4.02. The lowest BCUT2D eigenvalue weighted by Gasteiger charge is -2.45. The molecule has 0 spiro atoms. The third-order valence-electron chi connectivity index (χ3n) is 9.18. The standard InChI is InChI=1S/C34H41Cl2N3O4S/c1-37(26-38-21-17-34(41,18-22-38)25-44(42,43)29-11-6-3-7-12-29)20-16-33(28-13-14-30(35)31(36)23-28)15-8-19-39(24-33)32(40)27-9-4-2-5-10-27/h2-7,9-14,23,41H,8,15-22,24-26H2,1H3. The van der Waals surface area contributed by atoms with Crippen molar-refractivity contribution in [3.05, 3.63) is 100 Å². The molecule has 1 N–H and O–H groups in total. The van der Waals surface area contributed by atoms with Crippen molar-refractivity contribution < 1.29 is 18.3 Å². The number of sulfone groups is 1. The van der Waals surface area contributed by atoms with Crippen LogP contribution in [0.15, 0.2) is 83.8 Å². The molecule has 0 aromatic heterocycles. The maximum absolute atomic E-state index is 13.5. The number of nitrogens with zero attached hydrogens (tertiary/aromatic N) is 3. The third-order valence-corrected chi connectivity index (χ3v) is 11.8. The highest BCUT2D eigenvalue weighted by atomic mass is 35.5. The van der Waals surface area contributed by atoms with Gasteiger partial charge in [-0.05, 0) is 87.7 Å². The van der Waals surface area contributed by atoms with Gasteiger partial charge in [-0.15, -0.1) is 0 Å². The molecule has 1 amide bonds. The van der Waals surface area contributed by atoms with Crippen molar-refractivity contribution in [1.82, 2.24) is 14.7 Å². The van der Waals surface area contributed by atoms with Crippen molar-refractivity contribution in [2.75, 3.05) is 52.2 Å². The number of hydrogen-bond donors (Lipinski definition) is 1. The van der Waals surface area contributed by atoms with E-state index in [1.165, 1.54) is 0 Å². The van der Waals surface area contributed by atoms with E-state index in [4.69, 9.17) is 23.2 Å². The fourth-order valence-electron chi connectivity index (χ4n) is 6.62. The van der Waals surface area contributed by atoms with Gasteiger partial charge in [-0.2, -0.15) is 0 Å². The molecule has 2 heterocycles. The van der Waals surface area contributed by atoms with Crippen molar-refractivity contribution in [2.45, 2.75) is 48.0 Å². The maximum Gasteiger partial charge on any atom is 0.253 e. The van der Waals surface area contributed by atoms with Gasteiger partial charge in [0.2, 0.25) is 0 Å². The Balaban J connectivity index is 1.22. The first kappa shape index (κ1) is 32.9. The summed E-state index contributed by atoms with van der Waals surface area (Å²) < 4.78 is 25.8. The molecule has 0 aliphatic carbocycles. The van der Waals surface area contributed by atoms with Crippen LogP contribution in [0.2, 0.25) is 10.0 Å². The van der Waals surface area contributed by atoms with E-state index < -0.39 is 15.4 Å². The average molecular weight is 659 g/mol. The molecule has 2 fully saturated rings. The molecular weight excluding hydrogens is 617 g/mol. The molecule has 10 heteroatoms. The molecule has 0 bridgehead atoms. The number of rotatable bonds is 10. The molecule has 7 nitrogen and oxygen atoms in total.